The number of ether oxygens (including phenoxy) is 1. The standard InChI is InChI=1S/C13H11NO4/c15-10-5-3-9(4-6-10)13(17)18-8-12(16)11-2-1-7-14-11/h1-7,14-15H,8H2. The van der Waals surface area contributed by atoms with Gasteiger partial charge in [-0.2, -0.15) is 0 Å². The Morgan fingerprint density at radius 3 is 2.50 bits per heavy atom. The maximum absolute atomic E-state index is 11.6. The van der Waals surface area contributed by atoms with Gasteiger partial charge in [-0.05, 0) is 36.4 Å². The number of hydrogen-bond acceptors (Lipinski definition) is 4. The molecule has 0 amide bonds. The van der Waals surface area contributed by atoms with Crippen LogP contribution < -0.4 is 0 Å². The zero-order valence-corrected chi connectivity index (χ0v) is 9.42. The Labute approximate surface area is 103 Å². The molecule has 0 bridgehead atoms. The van der Waals surface area contributed by atoms with Crippen LogP contribution in [0.1, 0.15) is 20.8 Å². The van der Waals surface area contributed by atoms with Crippen molar-refractivity contribution >= 4 is 11.8 Å². The second-order valence-electron chi connectivity index (χ2n) is 3.63. The number of aromatic hydroxyl groups is 1. The number of carbonyl (C=O) groups is 2. The lowest BCUT2D eigenvalue weighted by atomic mass is 10.2. The Morgan fingerprint density at radius 1 is 1.17 bits per heavy atom. The number of ketones is 1. The largest absolute Gasteiger partial charge is 0.508 e. The van der Waals surface area contributed by atoms with E-state index in [1.807, 2.05) is 0 Å². The molecular formula is C13H11NO4. The average molecular weight is 245 g/mol. The lowest BCUT2D eigenvalue weighted by Gasteiger charge is -2.03. The average Bonchev–Trinajstić information content (AvgIpc) is 2.90. The van der Waals surface area contributed by atoms with Gasteiger partial charge in [-0.15, -0.1) is 0 Å². The monoisotopic (exact) mass is 245 g/mol. The molecule has 0 saturated heterocycles. The first-order valence-corrected chi connectivity index (χ1v) is 5.29. The van der Waals surface area contributed by atoms with Crippen LogP contribution in [0.25, 0.3) is 0 Å². The van der Waals surface area contributed by atoms with E-state index >= 15 is 0 Å². The van der Waals surface area contributed by atoms with Gasteiger partial charge < -0.3 is 14.8 Å². The first-order valence-electron chi connectivity index (χ1n) is 5.29. The highest BCUT2D eigenvalue weighted by atomic mass is 16.5. The molecule has 0 aliphatic carbocycles. The van der Waals surface area contributed by atoms with Gasteiger partial charge in [0.1, 0.15) is 5.75 Å². The first kappa shape index (κ1) is 11.9. The third-order valence-corrected chi connectivity index (χ3v) is 2.34. The molecule has 2 aromatic rings. The number of phenols is 1. The number of H-pyrrole nitrogens is 1. The van der Waals surface area contributed by atoms with E-state index in [9.17, 15) is 9.59 Å². The number of carbonyl (C=O) groups excluding carboxylic acids is 2. The number of benzene rings is 1. The summed E-state index contributed by atoms with van der Waals surface area (Å²) in [5, 5.41) is 9.07. The summed E-state index contributed by atoms with van der Waals surface area (Å²) in [7, 11) is 0. The van der Waals surface area contributed by atoms with Crippen molar-refractivity contribution in [3.8, 4) is 5.75 Å². The van der Waals surface area contributed by atoms with E-state index in [2.05, 4.69) is 4.98 Å². The third-order valence-electron chi connectivity index (χ3n) is 2.34. The lowest BCUT2D eigenvalue weighted by Crippen LogP contribution is -2.14. The fraction of sp³-hybridized carbons (Fsp3) is 0.0769. The van der Waals surface area contributed by atoms with Gasteiger partial charge >= 0.3 is 5.97 Å². The molecule has 92 valence electrons. The van der Waals surface area contributed by atoms with Crippen LogP contribution in [0.5, 0.6) is 5.75 Å². The van der Waals surface area contributed by atoms with Gasteiger partial charge in [0.25, 0.3) is 0 Å². The number of esters is 1. The van der Waals surface area contributed by atoms with Gasteiger partial charge in [0.2, 0.25) is 5.78 Å². The molecule has 5 heteroatoms. The van der Waals surface area contributed by atoms with E-state index in [0.29, 0.717) is 5.69 Å². The lowest BCUT2D eigenvalue weighted by molar-refractivity contribution is 0.0473. The summed E-state index contributed by atoms with van der Waals surface area (Å²) in [4.78, 5) is 25.8. The molecule has 1 aromatic carbocycles. The van der Waals surface area contributed by atoms with Crippen LogP contribution >= 0.6 is 0 Å². The Morgan fingerprint density at radius 2 is 1.89 bits per heavy atom. The number of Topliss-reactive ketones (excluding diaryl/α,β-unsaturated/α-hetero) is 1. The minimum absolute atomic E-state index is 0.0639. The number of nitrogens with one attached hydrogen (secondary N) is 1. The summed E-state index contributed by atoms with van der Waals surface area (Å²) in [5.41, 5.74) is 0.681. The summed E-state index contributed by atoms with van der Waals surface area (Å²) in [6, 6.07) is 8.91. The van der Waals surface area contributed by atoms with Crippen molar-refractivity contribution in [1.82, 2.24) is 4.98 Å². The van der Waals surface area contributed by atoms with Crippen LogP contribution in [0, 0.1) is 0 Å². The predicted molar refractivity (Wildman–Crippen MR) is 63.5 cm³/mol. The Hall–Kier alpha value is -2.56. The normalized spacial score (nSPS) is 10.0. The highest BCUT2D eigenvalue weighted by molar-refractivity contribution is 5.98. The van der Waals surface area contributed by atoms with Crippen molar-refractivity contribution in [2.24, 2.45) is 0 Å². The molecule has 18 heavy (non-hydrogen) atoms. The minimum Gasteiger partial charge on any atom is -0.508 e. The summed E-state index contributed by atoms with van der Waals surface area (Å²) < 4.78 is 4.86. The van der Waals surface area contributed by atoms with Gasteiger partial charge in [0.05, 0.1) is 11.3 Å². The molecular weight excluding hydrogens is 234 g/mol. The summed E-state index contributed by atoms with van der Waals surface area (Å²) in [5.74, 6) is -0.837. The highest BCUT2D eigenvalue weighted by Crippen LogP contribution is 2.10. The van der Waals surface area contributed by atoms with Crippen molar-refractivity contribution in [2.75, 3.05) is 6.61 Å². The number of phenolic OH excluding ortho intramolecular Hbond substituents is 1. The molecule has 5 nitrogen and oxygen atoms in total. The molecule has 0 radical (unpaired) electrons. The Kier molecular flexibility index (Phi) is 3.43. The molecule has 0 aliphatic rings. The van der Waals surface area contributed by atoms with Gasteiger partial charge in [0, 0.05) is 6.20 Å². The molecule has 0 atom stereocenters. The van der Waals surface area contributed by atoms with Gasteiger partial charge in [-0.1, -0.05) is 0 Å². The molecule has 0 saturated carbocycles. The Balaban J connectivity index is 1.92. The van der Waals surface area contributed by atoms with Crippen molar-refractivity contribution < 1.29 is 19.4 Å². The molecule has 0 aliphatic heterocycles. The number of rotatable bonds is 4. The Bertz CT molecular complexity index is 543. The summed E-state index contributed by atoms with van der Waals surface area (Å²) in [6.45, 7) is -0.319. The van der Waals surface area contributed by atoms with Crippen LogP contribution in [-0.2, 0) is 4.74 Å². The molecule has 2 N–H and O–H groups in total. The number of aromatic amines is 1. The quantitative estimate of drug-likeness (QED) is 0.635. The molecule has 1 aromatic heterocycles. The molecule has 0 fully saturated rings. The van der Waals surface area contributed by atoms with E-state index in [1.54, 1.807) is 18.3 Å². The zero-order chi connectivity index (χ0) is 13.0. The number of aromatic nitrogens is 1. The topological polar surface area (TPSA) is 79.4 Å². The summed E-state index contributed by atoms with van der Waals surface area (Å²) in [6.07, 6.45) is 1.62. The van der Waals surface area contributed by atoms with Crippen LogP contribution in [-0.4, -0.2) is 28.4 Å². The second kappa shape index (κ2) is 5.18. The smallest absolute Gasteiger partial charge is 0.338 e. The molecule has 2 rings (SSSR count). The second-order valence-corrected chi connectivity index (χ2v) is 3.63. The zero-order valence-electron chi connectivity index (χ0n) is 9.42. The van der Waals surface area contributed by atoms with E-state index in [4.69, 9.17) is 9.84 Å². The molecule has 1 heterocycles. The first-order chi connectivity index (χ1) is 8.66. The van der Waals surface area contributed by atoms with E-state index < -0.39 is 5.97 Å². The third kappa shape index (κ3) is 2.76. The van der Waals surface area contributed by atoms with Crippen LogP contribution in [0.3, 0.4) is 0 Å². The maximum atomic E-state index is 11.6. The van der Waals surface area contributed by atoms with E-state index in [-0.39, 0.29) is 23.7 Å². The van der Waals surface area contributed by atoms with Crippen molar-refractivity contribution in [1.29, 1.82) is 0 Å². The molecule has 0 spiro atoms. The van der Waals surface area contributed by atoms with Gasteiger partial charge in [-0.25, -0.2) is 4.79 Å². The van der Waals surface area contributed by atoms with Crippen molar-refractivity contribution in [2.45, 2.75) is 0 Å². The SMILES string of the molecule is O=C(OCC(=O)c1ccc[nH]1)c1ccc(O)cc1. The summed E-state index contributed by atoms with van der Waals surface area (Å²) >= 11 is 0. The van der Waals surface area contributed by atoms with Gasteiger partial charge in [-0.3, -0.25) is 4.79 Å². The van der Waals surface area contributed by atoms with Crippen LogP contribution in [0.15, 0.2) is 42.6 Å². The maximum Gasteiger partial charge on any atom is 0.338 e. The fourth-order valence-corrected chi connectivity index (χ4v) is 1.39. The fourth-order valence-electron chi connectivity index (χ4n) is 1.39. The van der Waals surface area contributed by atoms with Crippen molar-refractivity contribution in [3.05, 3.63) is 53.9 Å². The number of hydrogen-bond donors (Lipinski definition) is 2. The predicted octanol–water partition coefficient (Wildman–Crippen LogP) is 1.76. The van der Waals surface area contributed by atoms with E-state index in [1.165, 1.54) is 24.3 Å². The van der Waals surface area contributed by atoms with Gasteiger partial charge in [0.15, 0.2) is 6.61 Å². The van der Waals surface area contributed by atoms with Crippen molar-refractivity contribution in [3.63, 3.8) is 0 Å². The highest BCUT2D eigenvalue weighted by Gasteiger charge is 2.11. The van der Waals surface area contributed by atoms with Crippen LogP contribution in [0.2, 0.25) is 0 Å². The minimum atomic E-state index is -0.602. The molecule has 0 unspecified atom stereocenters. The van der Waals surface area contributed by atoms with E-state index in [0.717, 1.165) is 0 Å². The van der Waals surface area contributed by atoms with Crippen LogP contribution in [0.4, 0.5) is 0 Å².